The first-order valence-corrected chi connectivity index (χ1v) is 6.92. The Bertz CT molecular complexity index is 438. The number of hydrogen-bond acceptors (Lipinski definition) is 4. The Morgan fingerprint density at radius 1 is 1.53 bits per heavy atom. The first-order chi connectivity index (χ1) is 9.05. The van der Waals surface area contributed by atoms with Crippen LogP contribution in [0.5, 0.6) is 0 Å². The number of carbonyl (C=O) groups excluding carboxylic acids is 1. The molecule has 1 aromatic rings. The lowest BCUT2D eigenvalue weighted by Gasteiger charge is -2.39. The fourth-order valence-corrected chi connectivity index (χ4v) is 2.81. The molecule has 0 spiro atoms. The molecule has 1 fully saturated rings. The summed E-state index contributed by atoms with van der Waals surface area (Å²) >= 11 is 0. The van der Waals surface area contributed by atoms with Crippen LogP contribution in [-0.2, 0) is 0 Å². The Kier molecular flexibility index (Phi) is 4.24. The van der Waals surface area contributed by atoms with Crippen molar-refractivity contribution in [3.8, 4) is 0 Å². The maximum absolute atomic E-state index is 12.1. The third-order valence-corrected chi connectivity index (χ3v) is 4.09. The van der Waals surface area contributed by atoms with Gasteiger partial charge in [-0.2, -0.15) is 0 Å². The van der Waals surface area contributed by atoms with Gasteiger partial charge in [0.2, 0.25) is 0 Å². The zero-order valence-corrected chi connectivity index (χ0v) is 11.6. The maximum Gasteiger partial charge on any atom is 0.273 e. The third kappa shape index (κ3) is 3.15. The van der Waals surface area contributed by atoms with Crippen LogP contribution in [0.1, 0.15) is 55.3 Å². The number of amides is 1. The van der Waals surface area contributed by atoms with Crippen LogP contribution in [0.2, 0.25) is 0 Å². The van der Waals surface area contributed by atoms with Crippen molar-refractivity contribution in [2.45, 2.75) is 51.5 Å². The van der Waals surface area contributed by atoms with Crippen LogP contribution in [0, 0.1) is 12.8 Å². The number of carbonyl (C=O) groups is 1. The van der Waals surface area contributed by atoms with Gasteiger partial charge in [0.25, 0.3) is 5.91 Å². The highest BCUT2D eigenvalue weighted by molar-refractivity contribution is 5.92. The van der Waals surface area contributed by atoms with E-state index in [0.717, 1.165) is 12.8 Å². The molecule has 1 unspecified atom stereocenters. The van der Waals surface area contributed by atoms with Gasteiger partial charge in [-0.15, -0.1) is 0 Å². The molecule has 2 N–H and O–H groups in total. The van der Waals surface area contributed by atoms with Gasteiger partial charge in [0.05, 0.1) is 12.1 Å². The van der Waals surface area contributed by atoms with E-state index in [1.165, 1.54) is 19.3 Å². The molecule has 2 rings (SSSR count). The Hall–Kier alpha value is -1.36. The molecule has 5 heteroatoms. The van der Waals surface area contributed by atoms with Crippen molar-refractivity contribution in [2.24, 2.45) is 5.92 Å². The fourth-order valence-electron chi connectivity index (χ4n) is 2.81. The van der Waals surface area contributed by atoms with E-state index in [4.69, 9.17) is 4.52 Å². The predicted octanol–water partition coefficient (Wildman–Crippen LogP) is 2.04. The summed E-state index contributed by atoms with van der Waals surface area (Å²) in [5.41, 5.74) is -0.308. The summed E-state index contributed by atoms with van der Waals surface area (Å²) in [5.74, 6) is 0.649. The second kappa shape index (κ2) is 5.74. The molecule has 1 atom stereocenters. The summed E-state index contributed by atoms with van der Waals surface area (Å²) in [6.45, 7) is 3.60. The van der Waals surface area contributed by atoms with Gasteiger partial charge < -0.3 is 14.9 Å². The van der Waals surface area contributed by atoms with Gasteiger partial charge >= 0.3 is 0 Å². The Balaban J connectivity index is 2.06. The van der Waals surface area contributed by atoms with E-state index in [2.05, 4.69) is 10.5 Å². The zero-order valence-electron chi connectivity index (χ0n) is 11.6. The average Bonchev–Trinajstić information content (AvgIpc) is 2.86. The summed E-state index contributed by atoms with van der Waals surface area (Å²) in [6.07, 6.45) is 5.68. The topological polar surface area (TPSA) is 75.4 Å². The molecule has 1 aliphatic carbocycles. The molecule has 106 valence electrons. The Labute approximate surface area is 113 Å². The first-order valence-electron chi connectivity index (χ1n) is 6.92. The summed E-state index contributed by atoms with van der Waals surface area (Å²) < 4.78 is 4.91. The van der Waals surface area contributed by atoms with Crippen molar-refractivity contribution in [3.05, 3.63) is 17.5 Å². The van der Waals surface area contributed by atoms with Crippen molar-refractivity contribution < 1.29 is 14.4 Å². The number of rotatable bonds is 4. The van der Waals surface area contributed by atoms with Crippen molar-refractivity contribution in [1.82, 2.24) is 10.5 Å². The molecule has 1 saturated carbocycles. The normalized spacial score (nSPS) is 19.9. The molecule has 0 saturated heterocycles. The molecule has 1 heterocycles. The van der Waals surface area contributed by atoms with Crippen LogP contribution < -0.4 is 5.32 Å². The summed E-state index contributed by atoms with van der Waals surface area (Å²) in [7, 11) is 0. The van der Waals surface area contributed by atoms with Gasteiger partial charge in [0, 0.05) is 6.07 Å². The van der Waals surface area contributed by atoms with Gasteiger partial charge in [-0.3, -0.25) is 4.79 Å². The highest BCUT2D eigenvalue weighted by Crippen LogP contribution is 2.32. The van der Waals surface area contributed by atoms with E-state index >= 15 is 0 Å². The standard InChI is InChI=1S/C14H22N2O3/c1-10-8-12(16-19-10)13(18)15-14(2,9-17)11-6-4-3-5-7-11/h8,11,17H,3-7,9H2,1-2H3,(H,15,18). The fraction of sp³-hybridized carbons (Fsp3) is 0.714. The third-order valence-electron chi connectivity index (χ3n) is 4.09. The van der Waals surface area contributed by atoms with E-state index < -0.39 is 5.54 Å². The molecule has 19 heavy (non-hydrogen) atoms. The second-order valence-corrected chi connectivity index (χ2v) is 5.69. The first kappa shape index (κ1) is 14.1. The number of nitrogens with zero attached hydrogens (tertiary/aromatic N) is 1. The number of aromatic nitrogens is 1. The van der Waals surface area contributed by atoms with Gasteiger partial charge in [0.1, 0.15) is 5.76 Å². The van der Waals surface area contributed by atoms with E-state index in [9.17, 15) is 9.90 Å². The van der Waals surface area contributed by atoms with E-state index in [-0.39, 0.29) is 18.2 Å². The average molecular weight is 266 g/mol. The lowest BCUT2D eigenvalue weighted by Crippen LogP contribution is -2.54. The summed E-state index contributed by atoms with van der Waals surface area (Å²) in [6, 6.07) is 1.61. The molecule has 0 bridgehead atoms. The number of aliphatic hydroxyl groups excluding tert-OH is 1. The molecule has 5 nitrogen and oxygen atoms in total. The van der Waals surface area contributed by atoms with E-state index in [0.29, 0.717) is 11.7 Å². The van der Waals surface area contributed by atoms with Crippen molar-refractivity contribution >= 4 is 5.91 Å². The Morgan fingerprint density at radius 3 is 2.74 bits per heavy atom. The molecule has 0 radical (unpaired) electrons. The lowest BCUT2D eigenvalue weighted by molar-refractivity contribution is 0.0672. The monoisotopic (exact) mass is 266 g/mol. The molecular formula is C14H22N2O3. The number of nitrogens with one attached hydrogen (secondary N) is 1. The second-order valence-electron chi connectivity index (χ2n) is 5.69. The SMILES string of the molecule is Cc1cc(C(=O)NC(C)(CO)C2CCCCC2)no1. The minimum absolute atomic E-state index is 0.0553. The van der Waals surface area contributed by atoms with Gasteiger partial charge in [0.15, 0.2) is 5.69 Å². The quantitative estimate of drug-likeness (QED) is 0.874. The zero-order chi connectivity index (χ0) is 13.9. The highest BCUT2D eigenvalue weighted by Gasteiger charge is 2.36. The number of aryl methyl sites for hydroxylation is 1. The summed E-state index contributed by atoms with van der Waals surface area (Å²) in [5, 5.41) is 16.3. The molecule has 1 amide bonds. The van der Waals surface area contributed by atoms with Crippen LogP contribution in [0.25, 0.3) is 0 Å². The van der Waals surface area contributed by atoms with Crippen molar-refractivity contribution in [1.29, 1.82) is 0 Å². The van der Waals surface area contributed by atoms with Crippen LogP contribution in [0.4, 0.5) is 0 Å². The van der Waals surface area contributed by atoms with Crippen molar-refractivity contribution in [2.75, 3.05) is 6.61 Å². The van der Waals surface area contributed by atoms with Gasteiger partial charge in [-0.1, -0.05) is 24.4 Å². The van der Waals surface area contributed by atoms with Gasteiger partial charge in [-0.05, 0) is 32.6 Å². The molecule has 0 aliphatic heterocycles. The smallest absolute Gasteiger partial charge is 0.273 e. The number of hydrogen-bond donors (Lipinski definition) is 2. The minimum atomic E-state index is -0.579. The minimum Gasteiger partial charge on any atom is -0.394 e. The van der Waals surface area contributed by atoms with Crippen LogP contribution in [0.3, 0.4) is 0 Å². The Morgan fingerprint density at radius 2 is 2.21 bits per heavy atom. The van der Waals surface area contributed by atoms with E-state index in [1.54, 1.807) is 13.0 Å². The highest BCUT2D eigenvalue weighted by atomic mass is 16.5. The largest absolute Gasteiger partial charge is 0.394 e. The van der Waals surface area contributed by atoms with Crippen LogP contribution in [-0.4, -0.2) is 28.3 Å². The van der Waals surface area contributed by atoms with Gasteiger partial charge in [-0.25, -0.2) is 0 Å². The summed E-state index contributed by atoms with van der Waals surface area (Å²) in [4.78, 5) is 12.1. The number of aliphatic hydroxyl groups is 1. The molecule has 0 aromatic carbocycles. The molecule has 1 aliphatic rings. The lowest BCUT2D eigenvalue weighted by atomic mass is 9.76. The van der Waals surface area contributed by atoms with Crippen LogP contribution >= 0.6 is 0 Å². The van der Waals surface area contributed by atoms with E-state index in [1.807, 2.05) is 6.92 Å². The molecule has 1 aromatic heterocycles. The van der Waals surface area contributed by atoms with Crippen LogP contribution in [0.15, 0.2) is 10.6 Å². The molecular weight excluding hydrogens is 244 g/mol. The predicted molar refractivity (Wildman–Crippen MR) is 70.8 cm³/mol. The van der Waals surface area contributed by atoms with Crippen molar-refractivity contribution in [3.63, 3.8) is 0 Å². The maximum atomic E-state index is 12.1.